The first-order chi connectivity index (χ1) is 6.27. The van der Waals surface area contributed by atoms with Crippen molar-refractivity contribution in [1.82, 2.24) is 5.32 Å². The summed E-state index contributed by atoms with van der Waals surface area (Å²) in [6, 6.07) is 7.75. The van der Waals surface area contributed by atoms with Crippen LogP contribution in [0, 0.1) is 0 Å². The minimum absolute atomic E-state index is 0. The van der Waals surface area contributed by atoms with Crippen LogP contribution in [0.1, 0.15) is 11.6 Å². The zero-order valence-corrected chi connectivity index (χ0v) is 9.60. The zero-order chi connectivity index (χ0) is 9.26. The second-order valence-electron chi connectivity index (χ2n) is 2.82. The largest absolute Gasteiger partial charge is 0.447 e. The highest BCUT2D eigenvalue weighted by Gasteiger charge is 2.24. The van der Waals surface area contributed by atoms with Crippen molar-refractivity contribution in [3.05, 3.63) is 34.3 Å². The third-order valence-electron chi connectivity index (χ3n) is 1.95. The molecule has 1 atom stereocenters. The van der Waals surface area contributed by atoms with E-state index in [1.165, 1.54) is 0 Å². The molecule has 5 heteroatoms. The van der Waals surface area contributed by atoms with Gasteiger partial charge < -0.3 is 10.1 Å². The molecule has 0 unspecified atom stereocenters. The molecular weight excluding hydrogens is 269 g/mol. The fourth-order valence-electron chi connectivity index (χ4n) is 1.31. The van der Waals surface area contributed by atoms with Crippen molar-refractivity contribution >= 4 is 34.4 Å². The molecular formula is C9H9BrClNO2. The number of benzene rings is 1. The quantitative estimate of drug-likeness (QED) is 0.857. The minimum atomic E-state index is -0.347. The summed E-state index contributed by atoms with van der Waals surface area (Å²) in [6.45, 7) is 0.404. The monoisotopic (exact) mass is 277 g/mol. The van der Waals surface area contributed by atoms with Crippen molar-refractivity contribution in [3.8, 4) is 0 Å². The predicted octanol–water partition coefficient (Wildman–Crippen LogP) is 2.65. The van der Waals surface area contributed by atoms with Crippen molar-refractivity contribution in [2.75, 3.05) is 6.61 Å². The van der Waals surface area contributed by atoms with Gasteiger partial charge in [-0.3, -0.25) is 0 Å². The Hall–Kier alpha value is -0.740. The van der Waals surface area contributed by atoms with E-state index in [4.69, 9.17) is 4.74 Å². The lowest BCUT2D eigenvalue weighted by molar-refractivity contribution is 0.177. The molecule has 1 aromatic rings. The van der Waals surface area contributed by atoms with Crippen molar-refractivity contribution in [2.24, 2.45) is 0 Å². The van der Waals surface area contributed by atoms with E-state index in [0.29, 0.717) is 6.61 Å². The molecule has 0 radical (unpaired) electrons. The lowest BCUT2D eigenvalue weighted by atomic mass is 10.1. The van der Waals surface area contributed by atoms with Crippen LogP contribution in [-0.4, -0.2) is 12.7 Å². The number of hydrogen-bond donors (Lipinski definition) is 1. The van der Waals surface area contributed by atoms with Gasteiger partial charge >= 0.3 is 6.09 Å². The van der Waals surface area contributed by atoms with Gasteiger partial charge in [0.15, 0.2) is 0 Å². The lowest BCUT2D eigenvalue weighted by Gasteiger charge is -2.08. The topological polar surface area (TPSA) is 38.3 Å². The Balaban J connectivity index is 0.000000980. The van der Waals surface area contributed by atoms with Crippen molar-refractivity contribution in [3.63, 3.8) is 0 Å². The van der Waals surface area contributed by atoms with Gasteiger partial charge in [0, 0.05) is 4.47 Å². The Morgan fingerprint density at radius 2 is 2.14 bits per heavy atom. The van der Waals surface area contributed by atoms with E-state index in [1.807, 2.05) is 24.3 Å². The summed E-state index contributed by atoms with van der Waals surface area (Å²) in [4.78, 5) is 10.8. The molecule has 3 nitrogen and oxygen atoms in total. The van der Waals surface area contributed by atoms with Crippen molar-refractivity contribution in [1.29, 1.82) is 0 Å². The first-order valence-electron chi connectivity index (χ1n) is 3.95. The smallest absolute Gasteiger partial charge is 0.407 e. The summed E-state index contributed by atoms with van der Waals surface area (Å²) < 4.78 is 5.80. The third kappa shape index (κ3) is 2.19. The maximum absolute atomic E-state index is 10.8. The average Bonchev–Trinajstić information content (AvgIpc) is 2.53. The van der Waals surface area contributed by atoms with Gasteiger partial charge in [0.25, 0.3) is 0 Å². The average molecular weight is 279 g/mol. The number of halogens is 2. The summed E-state index contributed by atoms with van der Waals surface area (Å²) in [5.41, 5.74) is 1.05. The molecule has 1 aliphatic rings. The molecule has 2 rings (SSSR count). The maximum Gasteiger partial charge on any atom is 0.407 e. The fraction of sp³-hybridized carbons (Fsp3) is 0.222. The van der Waals surface area contributed by atoms with Crippen LogP contribution in [0.3, 0.4) is 0 Å². The normalized spacial score (nSPS) is 19.5. The Morgan fingerprint density at radius 1 is 1.43 bits per heavy atom. The number of rotatable bonds is 1. The molecule has 0 bridgehead atoms. The predicted molar refractivity (Wildman–Crippen MR) is 58.6 cm³/mol. The SMILES string of the molecule is Cl.O=C1N[C@@H](c2ccccc2Br)CO1. The molecule has 0 spiro atoms. The molecule has 1 heterocycles. The van der Waals surface area contributed by atoms with Crippen LogP contribution in [-0.2, 0) is 4.74 Å². The van der Waals surface area contributed by atoms with E-state index in [-0.39, 0.29) is 24.5 Å². The molecule has 0 saturated carbocycles. The van der Waals surface area contributed by atoms with Gasteiger partial charge in [-0.15, -0.1) is 12.4 Å². The van der Waals surface area contributed by atoms with Crippen molar-refractivity contribution in [2.45, 2.75) is 6.04 Å². The van der Waals surface area contributed by atoms with Crippen LogP contribution in [0.15, 0.2) is 28.7 Å². The fourth-order valence-corrected chi connectivity index (χ4v) is 1.87. The molecule has 1 aromatic carbocycles. The molecule has 1 amide bonds. The molecule has 1 aliphatic heterocycles. The number of carbonyl (C=O) groups excluding carboxylic acids is 1. The van der Waals surface area contributed by atoms with Crippen LogP contribution >= 0.6 is 28.3 Å². The first kappa shape index (κ1) is 11.3. The van der Waals surface area contributed by atoms with Gasteiger partial charge in [0.1, 0.15) is 6.61 Å². The van der Waals surface area contributed by atoms with E-state index < -0.39 is 0 Å². The second-order valence-corrected chi connectivity index (χ2v) is 3.67. The van der Waals surface area contributed by atoms with E-state index >= 15 is 0 Å². The van der Waals surface area contributed by atoms with Crippen LogP contribution in [0.2, 0.25) is 0 Å². The summed E-state index contributed by atoms with van der Waals surface area (Å²) in [6.07, 6.45) is -0.347. The van der Waals surface area contributed by atoms with Gasteiger partial charge in [-0.1, -0.05) is 34.1 Å². The summed E-state index contributed by atoms with van der Waals surface area (Å²) in [5.74, 6) is 0. The number of ether oxygens (including phenoxy) is 1. The first-order valence-corrected chi connectivity index (χ1v) is 4.74. The standard InChI is InChI=1S/C9H8BrNO2.ClH/c10-7-4-2-1-3-6(7)8-5-13-9(12)11-8;/h1-4,8H,5H2,(H,11,12);1H/t8-;/m1./s1. The highest BCUT2D eigenvalue weighted by molar-refractivity contribution is 9.10. The lowest BCUT2D eigenvalue weighted by Crippen LogP contribution is -2.18. The molecule has 1 fully saturated rings. The highest BCUT2D eigenvalue weighted by Crippen LogP contribution is 2.25. The number of amides is 1. The number of nitrogens with one attached hydrogen (secondary N) is 1. The highest BCUT2D eigenvalue weighted by atomic mass is 79.9. The Kier molecular flexibility index (Phi) is 3.77. The molecule has 14 heavy (non-hydrogen) atoms. The Labute approximate surface area is 96.4 Å². The molecule has 1 N–H and O–H groups in total. The Morgan fingerprint density at radius 3 is 2.71 bits per heavy atom. The molecule has 0 aromatic heterocycles. The number of hydrogen-bond acceptors (Lipinski definition) is 2. The van der Waals surface area contributed by atoms with Crippen LogP contribution < -0.4 is 5.32 Å². The Bertz CT molecular complexity index is 345. The van der Waals surface area contributed by atoms with Gasteiger partial charge in [-0.05, 0) is 11.6 Å². The van der Waals surface area contributed by atoms with E-state index in [0.717, 1.165) is 10.0 Å². The van der Waals surface area contributed by atoms with Gasteiger partial charge in [0.05, 0.1) is 6.04 Å². The third-order valence-corrected chi connectivity index (χ3v) is 2.68. The number of cyclic esters (lactones) is 1. The molecule has 0 aliphatic carbocycles. The van der Waals surface area contributed by atoms with Crippen LogP contribution in [0.5, 0.6) is 0 Å². The number of alkyl carbamates (subject to hydrolysis) is 1. The van der Waals surface area contributed by atoms with E-state index in [1.54, 1.807) is 0 Å². The van der Waals surface area contributed by atoms with Crippen LogP contribution in [0.25, 0.3) is 0 Å². The van der Waals surface area contributed by atoms with Crippen molar-refractivity contribution < 1.29 is 9.53 Å². The summed E-state index contributed by atoms with van der Waals surface area (Å²) in [5, 5.41) is 2.72. The summed E-state index contributed by atoms with van der Waals surface area (Å²) in [7, 11) is 0. The maximum atomic E-state index is 10.8. The minimum Gasteiger partial charge on any atom is -0.447 e. The zero-order valence-electron chi connectivity index (χ0n) is 7.20. The van der Waals surface area contributed by atoms with Gasteiger partial charge in [-0.2, -0.15) is 0 Å². The van der Waals surface area contributed by atoms with Gasteiger partial charge in [-0.25, -0.2) is 4.79 Å². The van der Waals surface area contributed by atoms with Gasteiger partial charge in [0.2, 0.25) is 0 Å². The van der Waals surface area contributed by atoms with E-state index in [9.17, 15) is 4.79 Å². The number of carbonyl (C=O) groups is 1. The summed E-state index contributed by atoms with van der Waals surface area (Å²) >= 11 is 3.42. The molecule has 76 valence electrons. The van der Waals surface area contributed by atoms with Crippen LogP contribution in [0.4, 0.5) is 4.79 Å². The molecule has 1 saturated heterocycles. The second kappa shape index (κ2) is 4.66. The van der Waals surface area contributed by atoms with E-state index in [2.05, 4.69) is 21.2 Å².